The van der Waals surface area contributed by atoms with Crippen molar-refractivity contribution in [3.63, 3.8) is 0 Å². The Labute approximate surface area is 221 Å². The first kappa shape index (κ1) is 25.6. The van der Waals surface area contributed by atoms with Crippen LogP contribution in [-0.2, 0) is 4.79 Å². The monoisotopic (exact) mass is 512 g/mol. The number of nitrogens with zero attached hydrogens (tertiary/aromatic N) is 1. The summed E-state index contributed by atoms with van der Waals surface area (Å²) >= 11 is 0. The van der Waals surface area contributed by atoms with Gasteiger partial charge in [-0.1, -0.05) is 20.8 Å². The van der Waals surface area contributed by atoms with Gasteiger partial charge < -0.3 is 15.5 Å². The van der Waals surface area contributed by atoms with E-state index in [0.29, 0.717) is 54.3 Å². The van der Waals surface area contributed by atoms with E-state index in [1.54, 1.807) is 11.0 Å². The summed E-state index contributed by atoms with van der Waals surface area (Å²) in [6, 6.07) is 4.55. The zero-order valence-electron chi connectivity index (χ0n) is 22.8. The second-order valence-electron chi connectivity index (χ2n) is 13.7. The molecular formula is C31H45FN2O3. The van der Waals surface area contributed by atoms with Crippen LogP contribution in [-0.4, -0.2) is 35.0 Å². The number of halogens is 1. The molecule has 1 aromatic carbocycles. The van der Waals surface area contributed by atoms with Crippen LogP contribution in [0.4, 0.5) is 15.8 Å². The fourth-order valence-electron chi connectivity index (χ4n) is 10.2. The number of aliphatic hydroxyl groups excluding tert-OH is 2. The van der Waals surface area contributed by atoms with Crippen LogP contribution in [0.15, 0.2) is 18.2 Å². The molecule has 4 fully saturated rings. The molecule has 4 aliphatic carbocycles. The maximum absolute atomic E-state index is 13.6. The quantitative estimate of drug-likeness (QED) is 0.466. The van der Waals surface area contributed by atoms with Crippen LogP contribution in [0.3, 0.4) is 0 Å². The SMILES string of the molecule is C[C@H](CCC(=O)N1CNc2cc(F)ccc21)[C@H]1CC[C@H]2[C@@H]3CC[C@@H]4C[C@H](O)CC[C@]4(C)[C@H]3C[C@H](O)[C@]12C. The van der Waals surface area contributed by atoms with Crippen molar-refractivity contribution in [3.8, 4) is 0 Å². The second-order valence-corrected chi connectivity index (χ2v) is 13.7. The Kier molecular flexibility index (Phi) is 6.38. The summed E-state index contributed by atoms with van der Waals surface area (Å²) in [5, 5.41) is 25.2. The molecule has 3 N–H and O–H groups in total. The minimum atomic E-state index is -0.296. The lowest BCUT2D eigenvalue weighted by Crippen LogP contribution is -2.58. The number of rotatable bonds is 4. The fraction of sp³-hybridized carbons (Fsp3) is 0.774. The summed E-state index contributed by atoms with van der Waals surface area (Å²) in [7, 11) is 0. The number of carbonyl (C=O) groups is 1. The van der Waals surface area contributed by atoms with Crippen molar-refractivity contribution in [2.24, 2.45) is 46.3 Å². The molecule has 0 aromatic heterocycles. The van der Waals surface area contributed by atoms with E-state index in [0.717, 1.165) is 44.2 Å². The van der Waals surface area contributed by atoms with Gasteiger partial charge in [0.15, 0.2) is 0 Å². The molecule has 0 spiro atoms. The van der Waals surface area contributed by atoms with Crippen LogP contribution in [0.25, 0.3) is 0 Å². The highest BCUT2D eigenvalue weighted by Crippen LogP contribution is 2.68. The molecule has 5 aliphatic rings. The van der Waals surface area contributed by atoms with Crippen LogP contribution < -0.4 is 10.2 Å². The number of hydrogen-bond acceptors (Lipinski definition) is 4. The van der Waals surface area contributed by atoms with E-state index in [-0.39, 0.29) is 34.8 Å². The Morgan fingerprint density at radius 3 is 2.76 bits per heavy atom. The third-order valence-corrected chi connectivity index (χ3v) is 12.3. The molecular weight excluding hydrogens is 467 g/mol. The first-order valence-electron chi connectivity index (χ1n) is 14.8. The minimum absolute atomic E-state index is 0.0828. The Hall–Kier alpha value is -1.66. The van der Waals surface area contributed by atoms with Gasteiger partial charge in [0, 0.05) is 6.42 Å². The van der Waals surface area contributed by atoms with Crippen LogP contribution >= 0.6 is 0 Å². The van der Waals surface area contributed by atoms with Crippen LogP contribution in [0.5, 0.6) is 0 Å². The van der Waals surface area contributed by atoms with Gasteiger partial charge in [-0.25, -0.2) is 4.39 Å². The Morgan fingerprint density at radius 1 is 1.14 bits per heavy atom. The van der Waals surface area contributed by atoms with E-state index < -0.39 is 0 Å². The molecule has 4 saturated carbocycles. The van der Waals surface area contributed by atoms with Crippen LogP contribution in [0.1, 0.15) is 85.0 Å². The molecule has 204 valence electrons. The molecule has 0 radical (unpaired) electrons. The van der Waals surface area contributed by atoms with Crippen molar-refractivity contribution in [3.05, 3.63) is 24.0 Å². The molecule has 1 amide bonds. The van der Waals surface area contributed by atoms with Gasteiger partial charge in [0.05, 0.1) is 30.3 Å². The Bertz CT molecular complexity index is 1050. The van der Waals surface area contributed by atoms with E-state index in [2.05, 4.69) is 26.1 Å². The molecule has 5 nitrogen and oxygen atoms in total. The van der Waals surface area contributed by atoms with Crippen molar-refractivity contribution in [1.82, 2.24) is 0 Å². The number of carbonyl (C=O) groups excluding carboxylic acids is 1. The number of hydrogen-bond donors (Lipinski definition) is 3. The van der Waals surface area contributed by atoms with Gasteiger partial charge in [-0.15, -0.1) is 0 Å². The lowest BCUT2D eigenvalue weighted by Gasteiger charge is -2.62. The van der Waals surface area contributed by atoms with Gasteiger partial charge >= 0.3 is 0 Å². The first-order valence-corrected chi connectivity index (χ1v) is 14.8. The number of fused-ring (bicyclic) bond motifs is 6. The van der Waals surface area contributed by atoms with Crippen LogP contribution in [0, 0.1) is 52.2 Å². The zero-order valence-corrected chi connectivity index (χ0v) is 22.8. The molecule has 6 rings (SSSR count). The molecule has 0 bridgehead atoms. The summed E-state index contributed by atoms with van der Waals surface area (Å²) in [6.45, 7) is 7.52. The highest BCUT2D eigenvalue weighted by Gasteiger charge is 2.63. The van der Waals surface area contributed by atoms with E-state index in [4.69, 9.17) is 0 Å². The third kappa shape index (κ3) is 3.95. The maximum atomic E-state index is 13.6. The van der Waals surface area contributed by atoms with Gasteiger partial charge in [0.1, 0.15) is 5.82 Å². The lowest BCUT2D eigenvalue weighted by molar-refractivity contribution is -0.174. The molecule has 37 heavy (non-hydrogen) atoms. The van der Waals surface area contributed by atoms with Crippen molar-refractivity contribution >= 4 is 17.3 Å². The maximum Gasteiger partial charge on any atom is 0.228 e. The summed E-state index contributed by atoms with van der Waals surface area (Å²) in [5.74, 6) is 2.97. The number of nitrogens with one attached hydrogen (secondary N) is 1. The zero-order chi connectivity index (χ0) is 26.1. The first-order chi connectivity index (χ1) is 17.6. The van der Waals surface area contributed by atoms with E-state index >= 15 is 0 Å². The summed E-state index contributed by atoms with van der Waals surface area (Å²) in [4.78, 5) is 14.9. The third-order valence-electron chi connectivity index (χ3n) is 12.3. The largest absolute Gasteiger partial charge is 0.393 e. The van der Waals surface area contributed by atoms with Crippen molar-refractivity contribution in [2.45, 2.75) is 97.2 Å². The molecule has 1 aliphatic heterocycles. The van der Waals surface area contributed by atoms with E-state index in [1.165, 1.54) is 31.4 Å². The van der Waals surface area contributed by atoms with Crippen molar-refractivity contribution < 1.29 is 19.4 Å². The lowest BCUT2D eigenvalue weighted by atomic mass is 9.43. The standard InChI is InChI=1S/C31H45FN2O3/c1-18(4-11-29(37)34-17-33-26-15-20(32)6-10-27(26)34)23-8-9-24-22-7-5-19-14-21(35)12-13-30(19,2)25(22)16-28(36)31(23,24)3/h6,10,15,18-19,21-25,28,33,35-36H,4-5,7-9,11-14,16-17H2,1-3H3/t18-,19-,21-,22+,23-,24+,25+,28+,30+,31-/m1/s1. The van der Waals surface area contributed by atoms with Gasteiger partial charge in [-0.3, -0.25) is 9.69 Å². The summed E-state index contributed by atoms with van der Waals surface area (Å²) in [6.07, 6.45) is 9.50. The molecule has 1 heterocycles. The van der Waals surface area contributed by atoms with E-state index in [9.17, 15) is 19.4 Å². The second kappa shape index (κ2) is 9.22. The molecule has 0 unspecified atom stereocenters. The van der Waals surface area contributed by atoms with Gasteiger partial charge in [-0.05, 0) is 122 Å². The number of benzene rings is 1. The average molecular weight is 513 g/mol. The molecule has 10 atom stereocenters. The predicted molar refractivity (Wildman–Crippen MR) is 143 cm³/mol. The summed E-state index contributed by atoms with van der Waals surface area (Å²) in [5.41, 5.74) is 1.62. The normalized spacial score (nSPS) is 43.3. The van der Waals surface area contributed by atoms with Crippen LogP contribution in [0.2, 0.25) is 0 Å². The van der Waals surface area contributed by atoms with Crippen molar-refractivity contribution in [1.29, 1.82) is 0 Å². The Morgan fingerprint density at radius 2 is 1.95 bits per heavy atom. The molecule has 0 saturated heterocycles. The van der Waals surface area contributed by atoms with E-state index in [1.807, 2.05) is 0 Å². The average Bonchev–Trinajstić information content (AvgIpc) is 3.45. The van der Waals surface area contributed by atoms with Gasteiger partial charge in [-0.2, -0.15) is 0 Å². The van der Waals surface area contributed by atoms with Gasteiger partial charge in [0.25, 0.3) is 0 Å². The number of amides is 1. The van der Waals surface area contributed by atoms with Crippen molar-refractivity contribution in [2.75, 3.05) is 16.9 Å². The molecule has 6 heteroatoms. The highest BCUT2D eigenvalue weighted by atomic mass is 19.1. The summed E-state index contributed by atoms with van der Waals surface area (Å²) < 4.78 is 13.6. The predicted octanol–water partition coefficient (Wildman–Crippen LogP) is 5.95. The van der Waals surface area contributed by atoms with Gasteiger partial charge in [0.2, 0.25) is 5.91 Å². The number of aliphatic hydroxyl groups is 2. The Balaban J connectivity index is 1.13. The molecule has 1 aromatic rings. The smallest absolute Gasteiger partial charge is 0.228 e. The minimum Gasteiger partial charge on any atom is -0.393 e. The number of anilines is 2. The highest BCUT2D eigenvalue weighted by molar-refractivity contribution is 5.99. The topological polar surface area (TPSA) is 72.8 Å². The fourth-order valence-corrected chi connectivity index (χ4v) is 10.2.